The highest BCUT2D eigenvalue weighted by molar-refractivity contribution is 4.71. The Morgan fingerprint density at radius 1 is 1.33 bits per heavy atom. The fourth-order valence-corrected chi connectivity index (χ4v) is 1.44. The summed E-state index contributed by atoms with van der Waals surface area (Å²) in [6.07, 6.45) is 2.26. The van der Waals surface area contributed by atoms with Gasteiger partial charge in [-0.25, -0.2) is 0 Å². The highest BCUT2D eigenvalue weighted by atomic mass is 16.5. The van der Waals surface area contributed by atoms with Crippen molar-refractivity contribution in [1.82, 2.24) is 5.32 Å². The third kappa shape index (κ3) is 10.2. The minimum absolute atomic E-state index is 0.264. The second-order valence-corrected chi connectivity index (χ2v) is 5.09. The Hall–Kier alpha value is -0.120. The maximum atomic E-state index is 8.76. The van der Waals surface area contributed by atoms with Crippen molar-refractivity contribution < 1.29 is 9.84 Å². The van der Waals surface area contributed by atoms with E-state index in [1.54, 1.807) is 0 Å². The second kappa shape index (κ2) is 8.08. The fraction of sp³-hybridized carbons (Fsp3) is 1.00. The van der Waals surface area contributed by atoms with E-state index in [9.17, 15) is 0 Å². The molecule has 15 heavy (non-hydrogen) atoms. The van der Waals surface area contributed by atoms with E-state index in [-0.39, 0.29) is 5.41 Å². The highest BCUT2D eigenvalue weighted by Crippen LogP contribution is 2.20. The first-order valence-corrected chi connectivity index (χ1v) is 5.91. The zero-order valence-electron chi connectivity index (χ0n) is 10.7. The van der Waals surface area contributed by atoms with Crippen LogP contribution in [0.4, 0.5) is 0 Å². The van der Waals surface area contributed by atoms with E-state index >= 15 is 0 Å². The van der Waals surface area contributed by atoms with Crippen LogP contribution in [0.3, 0.4) is 0 Å². The molecule has 0 spiro atoms. The molecule has 0 aliphatic rings. The largest absolute Gasteiger partial charge is 0.396 e. The van der Waals surface area contributed by atoms with Crippen molar-refractivity contribution in [2.24, 2.45) is 5.41 Å². The maximum absolute atomic E-state index is 8.76. The normalized spacial score (nSPS) is 12.4. The van der Waals surface area contributed by atoms with E-state index in [1.807, 2.05) is 13.8 Å². The van der Waals surface area contributed by atoms with E-state index in [0.717, 1.165) is 32.5 Å². The number of rotatable bonds is 9. The predicted molar refractivity (Wildman–Crippen MR) is 64.1 cm³/mol. The number of aliphatic hydroxyl groups excluding tert-OH is 1. The molecule has 0 unspecified atom stereocenters. The zero-order chi connectivity index (χ0) is 11.7. The fourth-order valence-electron chi connectivity index (χ4n) is 1.44. The van der Waals surface area contributed by atoms with E-state index in [2.05, 4.69) is 19.2 Å². The number of hydrogen-bond donors (Lipinski definition) is 2. The van der Waals surface area contributed by atoms with Gasteiger partial charge in [0.05, 0.1) is 12.7 Å². The molecule has 0 aromatic rings. The second-order valence-electron chi connectivity index (χ2n) is 5.09. The minimum Gasteiger partial charge on any atom is -0.396 e. The third-order valence-corrected chi connectivity index (χ3v) is 2.35. The van der Waals surface area contributed by atoms with E-state index in [1.165, 1.54) is 0 Å². The van der Waals surface area contributed by atoms with Crippen LogP contribution in [0.15, 0.2) is 0 Å². The van der Waals surface area contributed by atoms with Gasteiger partial charge in [-0.05, 0) is 32.1 Å². The van der Waals surface area contributed by atoms with Gasteiger partial charge in [0.2, 0.25) is 0 Å². The van der Waals surface area contributed by atoms with Crippen LogP contribution in [0.25, 0.3) is 0 Å². The standard InChI is InChI=1S/C12H27NO2/c1-11(2)15-9-7-13-10-12(3,4)6-5-8-14/h11,13-14H,5-10H2,1-4H3. The lowest BCUT2D eigenvalue weighted by molar-refractivity contribution is 0.0792. The van der Waals surface area contributed by atoms with Gasteiger partial charge < -0.3 is 15.2 Å². The average Bonchev–Trinajstić information content (AvgIpc) is 2.14. The topological polar surface area (TPSA) is 41.5 Å². The van der Waals surface area contributed by atoms with Crippen LogP contribution in [-0.2, 0) is 4.74 Å². The van der Waals surface area contributed by atoms with Crippen LogP contribution in [0.5, 0.6) is 0 Å². The molecule has 0 atom stereocenters. The van der Waals surface area contributed by atoms with Gasteiger partial charge in [0.25, 0.3) is 0 Å². The number of nitrogens with one attached hydrogen (secondary N) is 1. The lowest BCUT2D eigenvalue weighted by Gasteiger charge is -2.24. The summed E-state index contributed by atoms with van der Waals surface area (Å²) in [6, 6.07) is 0. The van der Waals surface area contributed by atoms with Gasteiger partial charge in [-0.1, -0.05) is 13.8 Å². The predicted octanol–water partition coefficient (Wildman–Crippen LogP) is 1.80. The number of ether oxygens (including phenoxy) is 1. The smallest absolute Gasteiger partial charge is 0.0594 e. The van der Waals surface area contributed by atoms with Crippen molar-refractivity contribution in [3.8, 4) is 0 Å². The molecule has 0 radical (unpaired) electrons. The van der Waals surface area contributed by atoms with Crippen molar-refractivity contribution in [1.29, 1.82) is 0 Å². The molecule has 0 aromatic heterocycles. The number of aliphatic hydroxyl groups is 1. The summed E-state index contributed by atoms with van der Waals surface area (Å²) in [7, 11) is 0. The molecule has 0 heterocycles. The molecule has 2 N–H and O–H groups in total. The van der Waals surface area contributed by atoms with Crippen molar-refractivity contribution in [2.45, 2.75) is 46.6 Å². The van der Waals surface area contributed by atoms with Crippen molar-refractivity contribution >= 4 is 0 Å². The van der Waals surface area contributed by atoms with Crippen LogP contribution < -0.4 is 5.32 Å². The van der Waals surface area contributed by atoms with Crippen LogP contribution in [0, 0.1) is 5.41 Å². The summed E-state index contributed by atoms with van der Waals surface area (Å²) in [5.74, 6) is 0. The summed E-state index contributed by atoms with van der Waals surface area (Å²) in [4.78, 5) is 0. The molecule has 3 nitrogen and oxygen atoms in total. The Bertz CT molecular complexity index is 147. The van der Waals surface area contributed by atoms with Gasteiger partial charge in [0.1, 0.15) is 0 Å². The van der Waals surface area contributed by atoms with Crippen LogP contribution in [-0.4, -0.2) is 37.5 Å². The lowest BCUT2D eigenvalue weighted by Crippen LogP contribution is -2.32. The van der Waals surface area contributed by atoms with E-state index < -0.39 is 0 Å². The zero-order valence-corrected chi connectivity index (χ0v) is 10.7. The molecule has 0 rings (SSSR count). The molecular formula is C12H27NO2. The van der Waals surface area contributed by atoms with Crippen LogP contribution in [0.2, 0.25) is 0 Å². The SMILES string of the molecule is CC(C)OCCNCC(C)(C)CCCO. The summed E-state index contributed by atoms with van der Waals surface area (Å²) in [5.41, 5.74) is 0.264. The summed E-state index contributed by atoms with van der Waals surface area (Å²) < 4.78 is 5.44. The van der Waals surface area contributed by atoms with Gasteiger partial charge >= 0.3 is 0 Å². The van der Waals surface area contributed by atoms with E-state index in [4.69, 9.17) is 9.84 Å². The molecule has 92 valence electrons. The Morgan fingerprint density at radius 2 is 2.00 bits per heavy atom. The summed E-state index contributed by atoms with van der Waals surface area (Å²) in [6.45, 7) is 11.5. The summed E-state index contributed by atoms with van der Waals surface area (Å²) >= 11 is 0. The Kier molecular flexibility index (Phi) is 8.02. The summed E-state index contributed by atoms with van der Waals surface area (Å²) in [5, 5.41) is 12.1. The monoisotopic (exact) mass is 217 g/mol. The van der Waals surface area contributed by atoms with Crippen LogP contribution >= 0.6 is 0 Å². The molecule has 0 aliphatic heterocycles. The van der Waals surface area contributed by atoms with Gasteiger partial charge in [-0.15, -0.1) is 0 Å². The minimum atomic E-state index is 0.264. The Morgan fingerprint density at radius 3 is 2.53 bits per heavy atom. The molecule has 0 saturated heterocycles. The average molecular weight is 217 g/mol. The molecule has 0 saturated carbocycles. The Labute approximate surface area is 94.2 Å². The first-order chi connectivity index (χ1) is 6.98. The molecule has 0 amide bonds. The van der Waals surface area contributed by atoms with Gasteiger partial charge in [0.15, 0.2) is 0 Å². The maximum Gasteiger partial charge on any atom is 0.0594 e. The van der Waals surface area contributed by atoms with Crippen molar-refractivity contribution in [3.63, 3.8) is 0 Å². The van der Waals surface area contributed by atoms with Crippen molar-refractivity contribution in [3.05, 3.63) is 0 Å². The quantitative estimate of drug-likeness (QED) is 0.579. The molecule has 0 bridgehead atoms. The van der Waals surface area contributed by atoms with Gasteiger partial charge in [-0.2, -0.15) is 0 Å². The molecule has 0 fully saturated rings. The first kappa shape index (κ1) is 14.9. The molecule has 0 aliphatic carbocycles. The highest BCUT2D eigenvalue weighted by Gasteiger charge is 2.16. The van der Waals surface area contributed by atoms with Crippen molar-refractivity contribution in [2.75, 3.05) is 26.3 Å². The molecule has 0 aromatic carbocycles. The van der Waals surface area contributed by atoms with Gasteiger partial charge in [-0.3, -0.25) is 0 Å². The van der Waals surface area contributed by atoms with E-state index in [0.29, 0.717) is 12.7 Å². The first-order valence-electron chi connectivity index (χ1n) is 5.91. The molecular weight excluding hydrogens is 190 g/mol. The van der Waals surface area contributed by atoms with Gasteiger partial charge in [0, 0.05) is 19.7 Å². The van der Waals surface area contributed by atoms with Crippen LogP contribution in [0.1, 0.15) is 40.5 Å². The number of hydrogen-bond acceptors (Lipinski definition) is 3. The Balaban J connectivity index is 3.40. The lowest BCUT2D eigenvalue weighted by atomic mass is 9.88. The third-order valence-electron chi connectivity index (χ3n) is 2.35. The molecule has 3 heteroatoms.